The quantitative estimate of drug-likeness (QED) is 0.162. The Morgan fingerprint density at radius 3 is 2.50 bits per heavy atom. The number of anilines is 1. The van der Waals surface area contributed by atoms with Crippen LogP contribution in [0.3, 0.4) is 0 Å². The molecule has 34 heavy (non-hydrogen) atoms. The molecule has 1 aromatic heterocycles. The van der Waals surface area contributed by atoms with Gasteiger partial charge in [0.05, 0.1) is 6.10 Å². The van der Waals surface area contributed by atoms with Gasteiger partial charge in [-0.2, -0.15) is 0 Å². The predicted molar refractivity (Wildman–Crippen MR) is 130 cm³/mol. The van der Waals surface area contributed by atoms with Gasteiger partial charge in [-0.3, -0.25) is 4.98 Å². The Balaban J connectivity index is 1.60. The van der Waals surface area contributed by atoms with E-state index in [2.05, 4.69) is 15.5 Å². The van der Waals surface area contributed by atoms with Crippen LogP contribution < -0.4 is 10.1 Å². The summed E-state index contributed by atoms with van der Waals surface area (Å²) in [5.74, 6) is -0.214. The summed E-state index contributed by atoms with van der Waals surface area (Å²) >= 11 is 0. The molecule has 0 bridgehead atoms. The minimum Gasteiger partial charge on any atom is -0.505 e. The molecule has 0 spiro atoms. The number of halogens is 1. The molecule has 3 N–H and O–H groups in total. The average Bonchev–Trinajstić information content (AvgIpc) is 2.83. The van der Waals surface area contributed by atoms with E-state index in [4.69, 9.17) is 4.74 Å². The SMILES string of the molecule is CC(C)Oc1cc(-c2ccc(F)cc2)ccc1CCNc1c(N=O)c(O)c2ncccc2c1O. The molecule has 0 unspecified atom stereocenters. The highest BCUT2D eigenvalue weighted by Crippen LogP contribution is 2.47. The van der Waals surface area contributed by atoms with Gasteiger partial charge in [0.15, 0.2) is 17.2 Å². The number of rotatable bonds is 8. The number of phenolic OH excluding ortho intramolecular Hbond substituents is 2. The largest absolute Gasteiger partial charge is 0.505 e. The van der Waals surface area contributed by atoms with Crippen molar-refractivity contribution in [3.05, 3.63) is 77.1 Å². The summed E-state index contributed by atoms with van der Waals surface area (Å²) in [5, 5.41) is 27.3. The van der Waals surface area contributed by atoms with Crippen molar-refractivity contribution >= 4 is 22.3 Å². The van der Waals surface area contributed by atoms with Crippen LogP contribution in [0.4, 0.5) is 15.8 Å². The second-order valence-electron chi connectivity index (χ2n) is 8.08. The third-order valence-corrected chi connectivity index (χ3v) is 5.38. The van der Waals surface area contributed by atoms with Crippen molar-refractivity contribution in [1.82, 2.24) is 4.98 Å². The highest BCUT2D eigenvalue weighted by molar-refractivity contribution is 6.01. The first-order valence-electron chi connectivity index (χ1n) is 10.8. The number of phenols is 2. The Labute approximate surface area is 195 Å². The number of hydrogen-bond acceptors (Lipinski definition) is 7. The summed E-state index contributed by atoms with van der Waals surface area (Å²) in [4.78, 5) is 15.4. The number of hydrogen-bond donors (Lipinski definition) is 3. The maximum Gasteiger partial charge on any atom is 0.178 e. The summed E-state index contributed by atoms with van der Waals surface area (Å²) in [5.41, 5.74) is 2.51. The fourth-order valence-electron chi connectivity index (χ4n) is 3.79. The first kappa shape index (κ1) is 23.0. The van der Waals surface area contributed by atoms with Crippen LogP contribution >= 0.6 is 0 Å². The summed E-state index contributed by atoms with van der Waals surface area (Å²) in [7, 11) is 0. The molecule has 0 aliphatic heterocycles. The lowest BCUT2D eigenvalue weighted by Crippen LogP contribution is -2.10. The van der Waals surface area contributed by atoms with Crippen molar-refractivity contribution in [3.8, 4) is 28.4 Å². The zero-order chi connectivity index (χ0) is 24.2. The van der Waals surface area contributed by atoms with Gasteiger partial charge in [-0.1, -0.05) is 24.3 Å². The molecule has 0 radical (unpaired) electrons. The topological polar surface area (TPSA) is 104 Å². The van der Waals surface area contributed by atoms with Gasteiger partial charge in [0.2, 0.25) is 0 Å². The zero-order valence-electron chi connectivity index (χ0n) is 18.7. The molecule has 1 heterocycles. The predicted octanol–water partition coefficient (Wildman–Crippen LogP) is 6.29. The van der Waals surface area contributed by atoms with Crippen LogP contribution in [0.5, 0.6) is 17.2 Å². The molecule has 174 valence electrons. The van der Waals surface area contributed by atoms with Crippen LogP contribution in [0, 0.1) is 10.7 Å². The van der Waals surface area contributed by atoms with Crippen molar-refractivity contribution in [2.24, 2.45) is 5.18 Å². The van der Waals surface area contributed by atoms with Gasteiger partial charge in [-0.15, -0.1) is 4.91 Å². The summed E-state index contributed by atoms with van der Waals surface area (Å²) < 4.78 is 19.3. The fraction of sp³-hybridized carbons (Fsp3) is 0.192. The molecule has 0 fully saturated rings. The van der Waals surface area contributed by atoms with E-state index >= 15 is 0 Å². The maximum absolute atomic E-state index is 13.3. The molecule has 0 amide bonds. The van der Waals surface area contributed by atoms with Gasteiger partial charge in [-0.25, -0.2) is 4.39 Å². The van der Waals surface area contributed by atoms with Crippen LogP contribution in [0.2, 0.25) is 0 Å². The van der Waals surface area contributed by atoms with E-state index in [1.54, 1.807) is 24.3 Å². The van der Waals surface area contributed by atoms with E-state index in [9.17, 15) is 19.5 Å². The molecule has 0 aliphatic rings. The van der Waals surface area contributed by atoms with Gasteiger partial charge in [-0.05, 0) is 72.5 Å². The van der Waals surface area contributed by atoms with Crippen molar-refractivity contribution in [2.45, 2.75) is 26.4 Å². The van der Waals surface area contributed by atoms with Gasteiger partial charge >= 0.3 is 0 Å². The van der Waals surface area contributed by atoms with Crippen LogP contribution in [0.15, 0.2) is 66.0 Å². The lowest BCUT2D eigenvalue weighted by Gasteiger charge is -2.17. The second-order valence-corrected chi connectivity index (χ2v) is 8.08. The Morgan fingerprint density at radius 1 is 1.06 bits per heavy atom. The van der Waals surface area contributed by atoms with Gasteiger partial charge in [0.1, 0.15) is 22.8 Å². The van der Waals surface area contributed by atoms with Gasteiger partial charge in [0.25, 0.3) is 0 Å². The maximum atomic E-state index is 13.3. The van der Waals surface area contributed by atoms with Crippen LogP contribution in [0.1, 0.15) is 19.4 Å². The van der Waals surface area contributed by atoms with Gasteiger partial charge < -0.3 is 20.3 Å². The number of benzene rings is 3. The van der Waals surface area contributed by atoms with Crippen LogP contribution in [-0.4, -0.2) is 27.8 Å². The molecule has 0 saturated carbocycles. The Morgan fingerprint density at radius 2 is 1.79 bits per heavy atom. The molecule has 8 heteroatoms. The number of nitrogens with one attached hydrogen (secondary N) is 1. The lowest BCUT2D eigenvalue weighted by molar-refractivity contribution is 0.240. The molecule has 7 nitrogen and oxygen atoms in total. The normalized spacial score (nSPS) is 11.1. The van der Waals surface area contributed by atoms with Crippen molar-refractivity contribution in [2.75, 3.05) is 11.9 Å². The molecule has 0 atom stereocenters. The third-order valence-electron chi connectivity index (χ3n) is 5.38. The monoisotopic (exact) mass is 461 g/mol. The third kappa shape index (κ3) is 4.61. The van der Waals surface area contributed by atoms with E-state index in [0.29, 0.717) is 24.1 Å². The zero-order valence-corrected chi connectivity index (χ0v) is 18.7. The molecule has 4 rings (SSSR count). The minimum atomic E-state index is -0.390. The fourth-order valence-corrected chi connectivity index (χ4v) is 3.79. The second kappa shape index (κ2) is 9.74. The molecule has 0 saturated heterocycles. The number of fused-ring (bicyclic) bond motifs is 1. The highest BCUT2D eigenvalue weighted by Gasteiger charge is 2.20. The Kier molecular flexibility index (Phi) is 6.58. The number of pyridine rings is 1. The van der Waals surface area contributed by atoms with Crippen LogP contribution in [0.25, 0.3) is 22.0 Å². The summed E-state index contributed by atoms with van der Waals surface area (Å²) in [6, 6.07) is 15.2. The Bertz CT molecular complexity index is 1340. The van der Waals surface area contributed by atoms with E-state index in [-0.39, 0.29) is 34.6 Å². The number of aromatic hydroxyl groups is 2. The van der Waals surface area contributed by atoms with E-state index in [0.717, 1.165) is 16.7 Å². The van der Waals surface area contributed by atoms with Crippen molar-refractivity contribution in [1.29, 1.82) is 0 Å². The first-order chi connectivity index (χ1) is 16.4. The highest BCUT2D eigenvalue weighted by atomic mass is 19.1. The van der Waals surface area contributed by atoms with E-state index in [1.807, 2.05) is 32.0 Å². The number of aromatic nitrogens is 1. The average molecular weight is 461 g/mol. The molecule has 3 aromatic carbocycles. The number of nitrogens with zero attached hydrogens (tertiary/aromatic N) is 2. The molecular weight excluding hydrogens is 437 g/mol. The van der Waals surface area contributed by atoms with E-state index < -0.39 is 5.75 Å². The summed E-state index contributed by atoms with van der Waals surface area (Å²) in [6.07, 6.45) is 1.89. The molecule has 4 aromatic rings. The van der Waals surface area contributed by atoms with Crippen molar-refractivity contribution in [3.63, 3.8) is 0 Å². The number of ether oxygens (including phenoxy) is 1. The van der Waals surface area contributed by atoms with E-state index in [1.165, 1.54) is 18.3 Å². The van der Waals surface area contributed by atoms with Crippen LogP contribution in [-0.2, 0) is 6.42 Å². The van der Waals surface area contributed by atoms with Gasteiger partial charge in [0, 0.05) is 18.1 Å². The minimum absolute atomic E-state index is 0.0438. The lowest BCUT2D eigenvalue weighted by atomic mass is 10.0. The number of nitroso groups, excluding NO2 is 1. The summed E-state index contributed by atoms with van der Waals surface area (Å²) in [6.45, 7) is 4.18. The van der Waals surface area contributed by atoms with Crippen molar-refractivity contribution < 1.29 is 19.3 Å². The Hall–Kier alpha value is -4.20. The molecule has 0 aliphatic carbocycles. The smallest absolute Gasteiger partial charge is 0.178 e. The molecular formula is C26H24FN3O4. The standard InChI is InChI=1S/C26H24FN3O4/c1-15(2)34-21-14-18(16-7-9-19(27)10-8-16)6-5-17(21)11-13-29-23-24(30-33)26(32)22-20(25(23)31)4-3-12-28-22/h3-10,12,14-15,29,31-32H,11,13H2,1-2H3. The first-order valence-corrected chi connectivity index (χ1v) is 10.8.